The lowest BCUT2D eigenvalue weighted by atomic mass is 10.1. The van der Waals surface area contributed by atoms with Gasteiger partial charge in [-0.3, -0.25) is 4.79 Å². The van der Waals surface area contributed by atoms with Crippen LogP contribution in [-0.2, 0) is 4.79 Å². The first-order valence-electron chi connectivity index (χ1n) is 4.97. The fraction of sp³-hybridized carbons (Fsp3) is 0.333. The zero-order valence-corrected chi connectivity index (χ0v) is 8.60. The van der Waals surface area contributed by atoms with Crippen LogP contribution in [0.4, 0.5) is 5.69 Å². The van der Waals surface area contributed by atoms with Gasteiger partial charge in [0.1, 0.15) is 0 Å². The average Bonchev–Trinajstić information content (AvgIpc) is 2.61. The van der Waals surface area contributed by atoms with Crippen molar-refractivity contribution in [2.45, 2.75) is 13.3 Å². The first-order chi connectivity index (χ1) is 7.20. The number of carbonyl (C=O) groups excluding carboxylic acids is 1. The van der Waals surface area contributed by atoms with Gasteiger partial charge in [0.15, 0.2) is 0 Å². The van der Waals surface area contributed by atoms with Crippen molar-refractivity contribution in [3.63, 3.8) is 0 Å². The molecule has 1 aliphatic heterocycles. The van der Waals surface area contributed by atoms with Gasteiger partial charge in [-0.05, 0) is 19.1 Å². The molecule has 1 saturated heterocycles. The first-order valence-corrected chi connectivity index (χ1v) is 4.97. The molecule has 76 valence electrons. The Morgan fingerprint density at radius 2 is 2.07 bits per heavy atom. The van der Waals surface area contributed by atoms with E-state index in [1.165, 1.54) is 5.56 Å². The number of carbonyl (C=O) groups is 1. The van der Waals surface area contributed by atoms with E-state index >= 15 is 0 Å². The Hall–Kier alpha value is -1.82. The molecule has 0 saturated carbocycles. The Bertz CT molecular complexity index is 416. The van der Waals surface area contributed by atoms with Crippen molar-refractivity contribution in [1.29, 1.82) is 5.26 Å². The SMILES string of the molecule is Cc1ccc(N2CC(C#N)CC2=O)cc1. The van der Waals surface area contributed by atoms with Crippen molar-refractivity contribution < 1.29 is 4.79 Å². The number of hydrogen-bond acceptors (Lipinski definition) is 2. The van der Waals surface area contributed by atoms with Crippen molar-refractivity contribution in [2.24, 2.45) is 5.92 Å². The molecule has 1 amide bonds. The minimum atomic E-state index is -0.154. The van der Waals surface area contributed by atoms with Gasteiger partial charge in [0, 0.05) is 18.7 Å². The Labute approximate surface area is 88.9 Å². The summed E-state index contributed by atoms with van der Waals surface area (Å²) in [5.74, 6) is -0.107. The molecule has 0 radical (unpaired) electrons. The second-order valence-corrected chi connectivity index (χ2v) is 3.87. The molecule has 0 N–H and O–H groups in total. The molecule has 0 aromatic heterocycles. The van der Waals surface area contributed by atoms with E-state index in [1.54, 1.807) is 4.90 Å². The minimum Gasteiger partial charge on any atom is -0.311 e. The maximum absolute atomic E-state index is 11.6. The normalized spacial score (nSPS) is 20.4. The fourth-order valence-electron chi connectivity index (χ4n) is 1.77. The van der Waals surface area contributed by atoms with Crippen LogP contribution in [0.3, 0.4) is 0 Å². The summed E-state index contributed by atoms with van der Waals surface area (Å²) >= 11 is 0. The van der Waals surface area contributed by atoms with Crippen LogP contribution in [0.1, 0.15) is 12.0 Å². The van der Waals surface area contributed by atoms with Crippen molar-refractivity contribution in [3.05, 3.63) is 29.8 Å². The number of benzene rings is 1. The summed E-state index contributed by atoms with van der Waals surface area (Å²) in [6.07, 6.45) is 0.352. The van der Waals surface area contributed by atoms with Gasteiger partial charge < -0.3 is 4.90 Å². The van der Waals surface area contributed by atoms with Gasteiger partial charge in [0.25, 0.3) is 0 Å². The molecule has 1 fully saturated rings. The fourth-order valence-corrected chi connectivity index (χ4v) is 1.77. The highest BCUT2D eigenvalue weighted by atomic mass is 16.2. The lowest BCUT2D eigenvalue weighted by Gasteiger charge is -2.15. The highest BCUT2D eigenvalue weighted by Crippen LogP contribution is 2.24. The molecule has 3 heteroatoms. The lowest BCUT2D eigenvalue weighted by Crippen LogP contribution is -2.24. The average molecular weight is 200 g/mol. The maximum Gasteiger partial charge on any atom is 0.228 e. The van der Waals surface area contributed by atoms with Crippen LogP contribution < -0.4 is 4.90 Å². The summed E-state index contributed by atoms with van der Waals surface area (Å²) in [7, 11) is 0. The number of anilines is 1. The van der Waals surface area contributed by atoms with E-state index in [4.69, 9.17) is 5.26 Å². The maximum atomic E-state index is 11.6. The monoisotopic (exact) mass is 200 g/mol. The molecule has 1 aromatic carbocycles. The quantitative estimate of drug-likeness (QED) is 0.694. The van der Waals surface area contributed by atoms with E-state index in [0.29, 0.717) is 13.0 Å². The molecule has 1 aromatic rings. The number of nitriles is 1. The van der Waals surface area contributed by atoms with Gasteiger partial charge in [-0.25, -0.2) is 0 Å². The topological polar surface area (TPSA) is 44.1 Å². The molecule has 0 aliphatic carbocycles. The zero-order chi connectivity index (χ0) is 10.8. The van der Waals surface area contributed by atoms with Crippen molar-refractivity contribution >= 4 is 11.6 Å². The number of amides is 1. The summed E-state index contributed by atoms with van der Waals surface area (Å²) in [6.45, 7) is 2.53. The molecule has 1 unspecified atom stereocenters. The van der Waals surface area contributed by atoms with Crippen LogP contribution in [0.2, 0.25) is 0 Å². The van der Waals surface area contributed by atoms with E-state index < -0.39 is 0 Å². The van der Waals surface area contributed by atoms with Gasteiger partial charge in [-0.1, -0.05) is 17.7 Å². The minimum absolute atomic E-state index is 0.0467. The summed E-state index contributed by atoms with van der Waals surface area (Å²) in [5.41, 5.74) is 2.06. The number of aryl methyl sites for hydroxylation is 1. The largest absolute Gasteiger partial charge is 0.311 e. The molecule has 1 heterocycles. The summed E-state index contributed by atoms with van der Waals surface area (Å²) in [5, 5.41) is 8.76. The van der Waals surface area contributed by atoms with Crippen LogP contribution in [-0.4, -0.2) is 12.5 Å². The van der Waals surface area contributed by atoms with Gasteiger partial charge >= 0.3 is 0 Å². The van der Waals surface area contributed by atoms with Crippen LogP contribution in [0.15, 0.2) is 24.3 Å². The summed E-state index contributed by atoms with van der Waals surface area (Å²) in [6, 6.07) is 9.94. The predicted octanol–water partition coefficient (Wildman–Crippen LogP) is 1.87. The number of rotatable bonds is 1. The molecule has 1 atom stereocenters. The van der Waals surface area contributed by atoms with Crippen LogP contribution in [0, 0.1) is 24.2 Å². The van der Waals surface area contributed by atoms with Crippen molar-refractivity contribution in [3.8, 4) is 6.07 Å². The Balaban J connectivity index is 2.22. The molecule has 3 nitrogen and oxygen atoms in total. The van der Waals surface area contributed by atoms with Gasteiger partial charge in [-0.2, -0.15) is 5.26 Å². The summed E-state index contributed by atoms with van der Waals surface area (Å²) in [4.78, 5) is 13.3. The van der Waals surface area contributed by atoms with Crippen LogP contribution in [0.25, 0.3) is 0 Å². The highest BCUT2D eigenvalue weighted by Gasteiger charge is 2.30. The number of nitrogens with zero attached hydrogens (tertiary/aromatic N) is 2. The molecule has 15 heavy (non-hydrogen) atoms. The second-order valence-electron chi connectivity index (χ2n) is 3.87. The second kappa shape index (κ2) is 3.74. The Morgan fingerprint density at radius 3 is 2.60 bits per heavy atom. The third kappa shape index (κ3) is 1.84. The van der Waals surface area contributed by atoms with Gasteiger partial charge in [0.2, 0.25) is 5.91 Å². The van der Waals surface area contributed by atoms with E-state index in [-0.39, 0.29) is 11.8 Å². The van der Waals surface area contributed by atoms with E-state index in [2.05, 4.69) is 6.07 Å². The van der Waals surface area contributed by atoms with E-state index in [1.807, 2.05) is 31.2 Å². The molecule has 0 spiro atoms. The van der Waals surface area contributed by atoms with E-state index in [9.17, 15) is 4.79 Å². The lowest BCUT2D eigenvalue weighted by molar-refractivity contribution is -0.117. The predicted molar refractivity (Wildman–Crippen MR) is 57.3 cm³/mol. The highest BCUT2D eigenvalue weighted by molar-refractivity contribution is 5.96. The van der Waals surface area contributed by atoms with Crippen molar-refractivity contribution in [1.82, 2.24) is 0 Å². The molecule has 1 aliphatic rings. The summed E-state index contributed by atoms with van der Waals surface area (Å²) < 4.78 is 0. The third-order valence-corrected chi connectivity index (χ3v) is 2.65. The van der Waals surface area contributed by atoms with Gasteiger partial charge in [0.05, 0.1) is 12.0 Å². The van der Waals surface area contributed by atoms with Gasteiger partial charge in [-0.15, -0.1) is 0 Å². The Kier molecular flexibility index (Phi) is 2.42. The molecular formula is C12H12N2O. The molecule has 2 rings (SSSR count). The first kappa shape index (κ1) is 9.72. The molecule has 0 bridgehead atoms. The smallest absolute Gasteiger partial charge is 0.228 e. The van der Waals surface area contributed by atoms with Crippen LogP contribution in [0.5, 0.6) is 0 Å². The molecular weight excluding hydrogens is 188 g/mol. The van der Waals surface area contributed by atoms with Crippen LogP contribution >= 0.6 is 0 Å². The van der Waals surface area contributed by atoms with E-state index in [0.717, 1.165) is 5.69 Å². The Morgan fingerprint density at radius 1 is 1.40 bits per heavy atom. The zero-order valence-electron chi connectivity index (χ0n) is 8.60. The third-order valence-electron chi connectivity index (χ3n) is 2.65. The van der Waals surface area contributed by atoms with Crippen molar-refractivity contribution in [2.75, 3.05) is 11.4 Å². The number of hydrogen-bond donors (Lipinski definition) is 0. The standard InChI is InChI=1S/C12H12N2O/c1-9-2-4-11(5-3-9)14-8-10(7-13)6-12(14)15/h2-5,10H,6,8H2,1H3.